The van der Waals surface area contributed by atoms with E-state index in [0.29, 0.717) is 12.1 Å². The molecule has 1 N–H and O–H groups in total. The maximum atomic E-state index is 12.4. The van der Waals surface area contributed by atoms with E-state index < -0.39 is 27.4 Å². The molecule has 0 aliphatic heterocycles. The minimum absolute atomic E-state index is 0.0522. The largest absolute Gasteiger partial charge is 0.354 e. The first-order valence-electron chi connectivity index (χ1n) is 8.64. The first-order valence-corrected chi connectivity index (χ1v) is 10.5. The van der Waals surface area contributed by atoms with E-state index in [0.717, 1.165) is 22.2 Å². The Morgan fingerprint density at radius 2 is 1.86 bits per heavy atom. The highest BCUT2D eigenvalue weighted by Gasteiger charge is 2.24. The summed E-state index contributed by atoms with van der Waals surface area (Å²) in [7, 11) is -3.82. The van der Waals surface area contributed by atoms with Crippen LogP contribution in [0.1, 0.15) is 24.0 Å². The molecular formula is C19H23N3O5S. The van der Waals surface area contributed by atoms with Gasteiger partial charge in [0.25, 0.3) is 5.69 Å². The number of benzene rings is 2. The fourth-order valence-corrected chi connectivity index (χ4v) is 3.62. The number of non-ortho nitro benzene ring substituents is 1. The van der Waals surface area contributed by atoms with Gasteiger partial charge in [0.2, 0.25) is 15.9 Å². The number of nitrogens with one attached hydrogen (secondary N) is 1. The molecule has 28 heavy (non-hydrogen) atoms. The van der Waals surface area contributed by atoms with Crippen LogP contribution in [-0.2, 0) is 14.8 Å². The van der Waals surface area contributed by atoms with Gasteiger partial charge < -0.3 is 5.32 Å². The minimum Gasteiger partial charge on any atom is -0.354 e. The number of hydrogen-bond donors (Lipinski definition) is 1. The number of amides is 1. The van der Waals surface area contributed by atoms with E-state index in [1.165, 1.54) is 12.1 Å². The predicted octanol–water partition coefficient (Wildman–Crippen LogP) is 2.59. The van der Waals surface area contributed by atoms with Crippen molar-refractivity contribution in [3.05, 3.63) is 69.8 Å². The van der Waals surface area contributed by atoms with Crippen LogP contribution >= 0.6 is 0 Å². The molecule has 0 fully saturated rings. The third kappa shape index (κ3) is 5.53. The number of nitro benzene ring substituents is 1. The topological polar surface area (TPSA) is 110 Å². The Hall–Kier alpha value is -2.94. The Morgan fingerprint density at radius 3 is 2.43 bits per heavy atom. The quantitative estimate of drug-likeness (QED) is 0.536. The average molecular weight is 405 g/mol. The van der Waals surface area contributed by atoms with E-state index in [1.807, 2.05) is 37.3 Å². The van der Waals surface area contributed by atoms with E-state index in [2.05, 4.69) is 5.32 Å². The summed E-state index contributed by atoms with van der Waals surface area (Å²) >= 11 is 0. The second-order valence-corrected chi connectivity index (χ2v) is 8.52. The summed E-state index contributed by atoms with van der Waals surface area (Å²) in [5, 5.41) is 13.8. The SMILES string of the molecule is Cc1ccc([N+](=O)[O-])cc1N(CC(=O)NC[C@@H](C)c1ccccc1)S(C)(=O)=O. The van der Waals surface area contributed by atoms with Gasteiger partial charge in [0.1, 0.15) is 6.54 Å². The van der Waals surface area contributed by atoms with E-state index >= 15 is 0 Å². The molecule has 0 radical (unpaired) electrons. The molecule has 2 aromatic rings. The zero-order valence-corrected chi connectivity index (χ0v) is 16.8. The number of aryl methyl sites for hydroxylation is 1. The number of nitrogens with zero attached hydrogens (tertiary/aromatic N) is 2. The number of sulfonamides is 1. The molecule has 0 saturated heterocycles. The highest BCUT2D eigenvalue weighted by molar-refractivity contribution is 7.92. The van der Waals surface area contributed by atoms with Crippen molar-refractivity contribution in [2.24, 2.45) is 0 Å². The second kappa shape index (κ2) is 8.83. The number of hydrogen-bond acceptors (Lipinski definition) is 5. The zero-order valence-electron chi connectivity index (χ0n) is 16.0. The van der Waals surface area contributed by atoms with Crippen molar-refractivity contribution in [1.29, 1.82) is 0 Å². The molecule has 150 valence electrons. The third-order valence-electron chi connectivity index (χ3n) is 4.33. The van der Waals surface area contributed by atoms with Crippen LogP contribution in [0.2, 0.25) is 0 Å². The molecule has 0 aliphatic carbocycles. The summed E-state index contributed by atoms with van der Waals surface area (Å²) < 4.78 is 25.4. The van der Waals surface area contributed by atoms with Crippen molar-refractivity contribution in [2.45, 2.75) is 19.8 Å². The van der Waals surface area contributed by atoms with Crippen LogP contribution in [0, 0.1) is 17.0 Å². The van der Waals surface area contributed by atoms with Gasteiger partial charge in [-0.2, -0.15) is 0 Å². The Bertz CT molecular complexity index is 961. The van der Waals surface area contributed by atoms with Crippen molar-refractivity contribution < 1.29 is 18.1 Å². The fourth-order valence-electron chi connectivity index (χ4n) is 2.71. The first-order chi connectivity index (χ1) is 13.1. The van der Waals surface area contributed by atoms with Crippen LogP contribution in [0.25, 0.3) is 0 Å². The summed E-state index contributed by atoms with van der Waals surface area (Å²) in [5.74, 6) is -0.435. The molecule has 0 saturated carbocycles. The van der Waals surface area contributed by atoms with Crippen LogP contribution in [0.15, 0.2) is 48.5 Å². The number of carbonyl (C=O) groups is 1. The first kappa shape index (κ1) is 21.4. The molecule has 0 bridgehead atoms. The Kier molecular flexibility index (Phi) is 6.74. The van der Waals surface area contributed by atoms with Crippen LogP contribution in [0.4, 0.5) is 11.4 Å². The van der Waals surface area contributed by atoms with Crippen LogP contribution in [0.5, 0.6) is 0 Å². The van der Waals surface area contributed by atoms with E-state index in [9.17, 15) is 23.3 Å². The van der Waals surface area contributed by atoms with Crippen LogP contribution in [0.3, 0.4) is 0 Å². The van der Waals surface area contributed by atoms with Gasteiger partial charge in [-0.15, -0.1) is 0 Å². The number of rotatable bonds is 8. The third-order valence-corrected chi connectivity index (χ3v) is 5.46. The number of carbonyl (C=O) groups excluding carboxylic acids is 1. The van der Waals surface area contributed by atoms with Gasteiger partial charge in [-0.3, -0.25) is 19.2 Å². The van der Waals surface area contributed by atoms with Crippen LogP contribution in [-0.4, -0.2) is 38.6 Å². The van der Waals surface area contributed by atoms with Crippen molar-refractivity contribution >= 4 is 27.3 Å². The van der Waals surface area contributed by atoms with E-state index in [1.54, 1.807) is 6.92 Å². The standard InChI is InChI=1S/C19H23N3O5S/c1-14-9-10-17(22(24)25)11-18(14)21(28(3,26)27)13-19(23)20-12-15(2)16-7-5-4-6-8-16/h4-11,15H,12-13H2,1-3H3,(H,20,23)/t15-/m1/s1. The highest BCUT2D eigenvalue weighted by Crippen LogP contribution is 2.27. The van der Waals surface area contributed by atoms with E-state index in [-0.39, 0.29) is 17.3 Å². The predicted molar refractivity (Wildman–Crippen MR) is 108 cm³/mol. The van der Waals surface area contributed by atoms with Crippen molar-refractivity contribution in [2.75, 3.05) is 23.7 Å². The average Bonchev–Trinajstić information content (AvgIpc) is 2.64. The number of anilines is 1. The monoisotopic (exact) mass is 405 g/mol. The molecule has 8 nitrogen and oxygen atoms in total. The lowest BCUT2D eigenvalue weighted by Crippen LogP contribution is -2.41. The van der Waals surface area contributed by atoms with Gasteiger partial charge in [0, 0.05) is 18.7 Å². The Balaban J connectivity index is 2.16. The minimum atomic E-state index is -3.82. The van der Waals surface area contributed by atoms with Gasteiger partial charge >= 0.3 is 0 Å². The molecule has 1 amide bonds. The molecule has 0 spiro atoms. The molecule has 0 heterocycles. The normalized spacial score (nSPS) is 12.2. The zero-order chi connectivity index (χ0) is 20.9. The highest BCUT2D eigenvalue weighted by atomic mass is 32.2. The second-order valence-electron chi connectivity index (χ2n) is 6.61. The van der Waals surface area contributed by atoms with Gasteiger partial charge in [0.15, 0.2) is 0 Å². The van der Waals surface area contributed by atoms with Crippen LogP contribution < -0.4 is 9.62 Å². The smallest absolute Gasteiger partial charge is 0.271 e. The molecule has 9 heteroatoms. The van der Waals surface area contributed by atoms with Gasteiger partial charge in [-0.25, -0.2) is 8.42 Å². The molecule has 1 atom stereocenters. The lowest BCUT2D eigenvalue weighted by atomic mass is 10.0. The molecule has 0 aromatic heterocycles. The fraction of sp³-hybridized carbons (Fsp3) is 0.316. The maximum absolute atomic E-state index is 12.4. The molecule has 0 unspecified atom stereocenters. The number of nitro groups is 1. The maximum Gasteiger partial charge on any atom is 0.271 e. The summed E-state index contributed by atoms with van der Waals surface area (Å²) in [6, 6.07) is 13.5. The lowest BCUT2D eigenvalue weighted by Gasteiger charge is -2.24. The lowest BCUT2D eigenvalue weighted by molar-refractivity contribution is -0.384. The van der Waals surface area contributed by atoms with E-state index in [4.69, 9.17) is 0 Å². The summed E-state index contributed by atoms with van der Waals surface area (Å²) in [4.78, 5) is 22.8. The molecular weight excluding hydrogens is 382 g/mol. The Labute approximate surface area is 164 Å². The van der Waals surface area contributed by atoms with Crippen molar-refractivity contribution in [3.8, 4) is 0 Å². The van der Waals surface area contributed by atoms with Gasteiger partial charge in [0.05, 0.1) is 16.9 Å². The molecule has 2 rings (SSSR count). The summed E-state index contributed by atoms with van der Waals surface area (Å²) in [5.41, 5.74) is 1.44. The van der Waals surface area contributed by atoms with Crippen molar-refractivity contribution in [3.63, 3.8) is 0 Å². The summed E-state index contributed by atoms with van der Waals surface area (Å²) in [6.07, 6.45) is 0.963. The van der Waals surface area contributed by atoms with Crippen molar-refractivity contribution in [1.82, 2.24) is 5.32 Å². The molecule has 2 aromatic carbocycles. The Morgan fingerprint density at radius 1 is 1.21 bits per heavy atom. The molecule has 0 aliphatic rings. The van der Waals surface area contributed by atoms with Gasteiger partial charge in [-0.1, -0.05) is 43.3 Å². The summed E-state index contributed by atoms with van der Waals surface area (Å²) in [6.45, 7) is 3.47. The van der Waals surface area contributed by atoms with Gasteiger partial charge in [-0.05, 0) is 24.0 Å².